The van der Waals surface area contributed by atoms with Gasteiger partial charge in [-0.1, -0.05) is 0 Å². The van der Waals surface area contributed by atoms with Crippen LogP contribution in [0.4, 0.5) is 11.6 Å². The van der Waals surface area contributed by atoms with E-state index in [-0.39, 0.29) is 0 Å². The van der Waals surface area contributed by atoms with Crippen molar-refractivity contribution in [2.75, 3.05) is 17.7 Å². The first-order valence-electron chi connectivity index (χ1n) is 5.29. The van der Waals surface area contributed by atoms with Crippen LogP contribution >= 0.6 is 0 Å². The standard InChI is InChI=1S/C11H14N6/c1-8-3-15-9(4-14-8)5-16-11-7-13-6-10(12-2)17-11/h3-4,6-7H,5H2,1-2H3,(H2,12,16,17). The number of aromatic nitrogens is 4. The van der Waals surface area contributed by atoms with Crippen LogP contribution < -0.4 is 10.6 Å². The molecule has 0 saturated heterocycles. The van der Waals surface area contributed by atoms with E-state index in [0.29, 0.717) is 12.4 Å². The molecule has 0 aliphatic heterocycles. The number of nitrogens with zero attached hydrogens (tertiary/aromatic N) is 4. The third kappa shape index (κ3) is 3.10. The van der Waals surface area contributed by atoms with Crippen LogP contribution in [-0.4, -0.2) is 27.0 Å². The predicted octanol–water partition coefficient (Wildman–Crippen LogP) is 1.23. The Morgan fingerprint density at radius 1 is 1.06 bits per heavy atom. The topological polar surface area (TPSA) is 75.6 Å². The molecule has 88 valence electrons. The van der Waals surface area contributed by atoms with Gasteiger partial charge in [-0.2, -0.15) is 0 Å². The Morgan fingerprint density at radius 2 is 1.88 bits per heavy atom. The van der Waals surface area contributed by atoms with Crippen LogP contribution in [0.15, 0.2) is 24.8 Å². The molecule has 0 atom stereocenters. The molecule has 17 heavy (non-hydrogen) atoms. The average Bonchev–Trinajstić information content (AvgIpc) is 2.38. The summed E-state index contributed by atoms with van der Waals surface area (Å²) in [4.78, 5) is 16.8. The van der Waals surface area contributed by atoms with Crippen molar-refractivity contribution in [3.8, 4) is 0 Å². The SMILES string of the molecule is CNc1cncc(NCc2cnc(C)cn2)n1. The second-order valence-corrected chi connectivity index (χ2v) is 3.54. The van der Waals surface area contributed by atoms with Gasteiger partial charge in [0.25, 0.3) is 0 Å². The van der Waals surface area contributed by atoms with Gasteiger partial charge < -0.3 is 10.6 Å². The van der Waals surface area contributed by atoms with Crippen molar-refractivity contribution in [2.45, 2.75) is 13.5 Å². The van der Waals surface area contributed by atoms with Crippen molar-refractivity contribution in [2.24, 2.45) is 0 Å². The monoisotopic (exact) mass is 230 g/mol. The largest absolute Gasteiger partial charge is 0.372 e. The van der Waals surface area contributed by atoms with E-state index in [9.17, 15) is 0 Å². The molecule has 0 radical (unpaired) electrons. The molecule has 0 saturated carbocycles. The highest BCUT2D eigenvalue weighted by Crippen LogP contribution is 2.06. The van der Waals surface area contributed by atoms with Gasteiger partial charge in [-0.25, -0.2) is 4.98 Å². The quantitative estimate of drug-likeness (QED) is 0.822. The van der Waals surface area contributed by atoms with Crippen LogP contribution in [0.5, 0.6) is 0 Å². The van der Waals surface area contributed by atoms with Gasteiger partial charge in [-0.05, 0) is 6.92 Å². The van der Waals surface area contributed by atoms with Crippen LogP contribution in [0.2, 0.25) is 0 Å². The van der Waals surface area contributed by atoms with Gasteiger partial charge in [0, 0.05) is 13.2 Å². The minimum Gasteiger partial charge on any atom is -0.372 e. The second kappa shape index (κ2) is 5.20. The summed E-state index contributed by atoms with van der Waals surface area (Å²) in [5, 5.41) is 6.07. The number of hydrogen-bond donors (Lipinski definition) is 2. The van der Waals surface area contributed by atoms with E-state index >= 15 is 0 Å². The van der Waals surface area contributed by atoms with Crippen molar-refractivity contribution in [1.82, 2.24) is 19.9 Å². The predicted molar refractivity (Wildman–Crippen MR) is 65.7 cm³/mol. The molecule has 0 spiro atoms. The lowest BCUT2D eigenvalue weighted by Crippen LogP contribution is -2.05. The highest BCUT2D eigenvalue weighted by atomic mass is 15.1. The molecule has 0 aliphatic carbocycles. The Morgan fingerprint density at radius 3 is 2.59 bits per heavy atom. The van der Waals surface area contributed by atoms with Crippen molar-refractivity contribution in [3.63, 3.8) is 0 Å². The summed E-state index contributed by atoms with van der Waals surface area (Å²) >= 11 is 0. The zero-order valence-electron chi connectivity index (χ0n) is 9.81. The van der Waals surface area contributed by atoms with E-state index in [0.717, 1.165) is 17.2 Å². The van der Waals surface area contributed by atoms with Gasteiger partial charge in [0.15, 0.2) is 0 Å². The molecule has 0 bridgehead atoms. The molecule has 0 aromatic carbocycles. The molecule has 2 N–H and O–H groups in total. The van der Waals surface area contributed by atoms with Crippen LogP contribution in [0, 0.1) is 6.92 Å². The van der Waals surface area contributed by atoms with Crippen LogP contribution in [0.1, 0.15) is 11.4 Å². The Hall–Kier alpha value is -2.24. The van der Waals surface area contributed by atoms with Gasteiger partial charge in [0.05, 0.1) is 36.5 Å². The molecule has 6 nitrogen and oxygen atoms in total. The first-order valence-corrected chi connectivity index (χ1v) is 5.29. The molecule has 0 unspecified atom stereocenters. The van der Waals surface area contributed by atoms with Gasteiger partial charge >= 0.3 is 0 Å². The molecule has 6 heteroatoms. The Balaban J connectivity index is 1.99. The Kier molecular flexibility index (Phi) is 3.44. The smallest absolute Gasteiger partial charge is 0.147 e. The van der Waals surface area contributed by atoms with E-state index in [1.165, 1.54) is 0 Å². The van der Waals surface area contributed by atoms with E-state index < -0.39 is 0 Å². The third-order valence-corrected chi connectivity index (χ3v) is 2.18. The maximum Gasteiger partial charge on any atom is 0.147 e. The van der Waals surface area contributed by atoms with E-state index in [1.54, 1.807) is 31.8 Å². The zero-order valence-corrected chi connectivity index (χ0v) is 9.81. The fourth-order valence-corrected chi connectivity index (χ4v) is 1.26. The first kappa shape index (κ1) is 11.3. The molecule has 2 aromatic rings. The molecule has 0 fully saturated rings. The average molecular weight is 230 g/mol. The van der Waals surface area contributed by atoms with Crippen molar-refractivity contribution in [3.05, 3.63) is 36.2 Å². The number of nitrogens with one attached hydrogen (secondary N) is 2. The van der Waals surface area contributed by atoms with Gasteiger partial charge in [0.1, 0.15) is 11.6 Å². The molecule has 0 amide bonds. The summed E-state index contributed by atoms with van der Waals surface area (Å²) in [5.41, 5.74) is 1.78. The Labute approximate surface area is 99.6 Å². The van der Waals surface area contributed by atoms with Crippen molar-refractivity contribution >= 4 is 11.6 Å². The lowest BCUT2D eigenvalue weighted by molar-refractivity contribution is 0.973. The molecule has 2 rings (SSSR count). The van der Waals surface area contributed by atoms with E-state index in [2.05, 4.69) is 30.6 Å². The lowest BCUT2D eigenvalue weighted by Gasteiger charge is -2.06. The molecule has 2 aromatic heterocycles. The summed E-state index contributed by atoms with van der Waals surface area (Å²) in [7, 11) is 1.80. The van der Waals surface area contributed by atoms with Gasteiger partial charge in [-0.3, -0.25) is 15.0 Å². The molecule has 0 aliphatic rings. The van der Waals surface area contributed by atoms with Crippen LogP contribution in [0.25, 0.3) is 0 Å². The Bertz CT molecular complexity index is 482. The van der Waals surface area contributed by atoms with Crippen LogP contribution in [0.3, 0.4) is 0 Å². The van der Waals surface area contributed by atoms with Gasteiger partial charge in [-0.15, -0.1) is 0 Å². The first-order chi connectivity index (χ1) is 8.28. The number of anilines is 2. The summed E-state index contributed by atoms with van der Waals surface area (Å²) in [5.74, 6) is 1.43. The highest BCUT2D eigenvalue weighted by Gasteiger charge is 1.98. The normalized spacial score (nSPS) is 10.0. The minimum absolute atomic E-state index is 0.578. The molecular formula is C11H14N6. The third-order valence-electron chi connectivity index (χ3n) is 2.18. The fourth-order valence-electron chi connectivity index (χ4n) is 1.26. The molecule has 2 heterocycles. The van der Waals surface area contributed by atoms with Gasteiger partial charge in [0.2, 0.25) is 0 Å². The van der Waals surface area contributed by atoms with Crippen molar-refractivity contribution < 1.29 is 0 Å². The lowest BCUT2D eigenvalue weighted by atomic mass is 10.4. The van der Waals surface area contributed by atoms with Crippen LogP contribution in [-0.2, 0) is 6.54 Å². The maximum atomic E-state index is 4.29. The summed E-state index contributed by atoms with van der Waals surface area (Å²) in [6, 6.07) is 0. The van der Waals surface area contributed by atoms with E-state index in [4.69, 9.17) is 0 Å². The summed E-state index contributed by atoms with van der Waals surface area (Å²) in [6.45, 7) is 2.49. The second-order valence-electron chi connectivity index (χ2n) is 3.54. The summed E-state index contributed by atoms with van der Waals surface area (Å²) < 4.78 is 0. The molecular weight excluding hydrogens is 216 g/mol. The fraction of sp³-hybridized carbons (Fsp3) is 0.273. The van der Waals surface area contributed by atoms with E-state index in [1.807, 2.05) is 6.92 Å². The number of aryl methyl sites for hydroxylation is 1. The number of hydrogen-bond acceptors (Lipinski definition) is 6. The minimum atomic E-state index is 0.578. The van der Waals surface area contributed by atoms with Crippen molar-refractivity contribution in [1.29, 1.82) is 0 Å². The highest BCUT2D eigenvalue weighted by molar-refractivity contribution is 5.41. The number of rotatable bonds is 4. The zero-order chi connectivity index (χ0) is 12.1. The summed E-state index contributed by atoms with van der Waals surface area (Å²) in [6.07, 6.45) is 6.82. The maximum absolute atomic E-state index is 4.29.